The lowest BCUT2D eigenvalue weighted by Gasteiger charge is -2.05. The summed E-state index contributed by atoms with van der Waals surface area (Å²) in [4.78, 5) is 5.69. The molecule has 3 nitrogen and oxygen atoms in total. The Morgan fingerprint density at radius 3 is 2.86 bits per heavy atom. The molecule has 0 unspecified atom stereocenters. The van der Waals surface area contributed by atoms with Gasteiger partial charge in [-0.15, -0.1) is 11.3 Å². The smallest absolute Gasteiger partial charge is 0.140 e. The number of ether oxygens (including phenoxy) is 1. The summed E-state index contributed by atoms with van der Waals surface area (Å²) in [5.74, 6) is 1.21. The van der Waals surface area contributed by atoms with E-state index in [0.717, 1.165) is 27.7 Å². The molecule has 0 saturated carbocycles. The van der Waals surface area contributed by atoms with E-state index in [4.69, 9.17) is 10.00 Å². The summed E-state index contributed by atoms with van der Waals surface area (Å²) in [6, 6.07) is 10.3. The number of nitriles is 1. The van der Waals surface area contributed by atoms with Gasteiger partial charge in [0.15, 0.2) is 0 Å². The first-order chi connectivity index (χ1) is 10.1. The predicted octanol–water partition coefficient (Wildman–Crippen LogP) is 4.47. The molecule has 0 fully saturated rings. The summed E-state index contributed by atoms with van der Waals surface area (Å²) >= 11 is 1.58. The van der Waals surface area contributed by atoms with Crippen LogP contribution in [0.1, 0.15) is 47.8 Å². The quantitative estimate of drug-likeness (QED) is 0.790. The molecule has 0 aliphatic carbocycles. The minimum absolute atomic E-state index is 0.335. The van der Waals surface area contributed by atoms with Crippen molar-refractivity contribution in [2.24, 2.45) is 0 Å². The molecule has 0 amide bonds. The number of aromatic nitrogens is 1. The van der Waals surface area contributed by atoms with E-state index in [2.05, 4.69) is 44.0 Å². The molecule has 0 saturated heterocycles. The van der Waals surface area contributed by atoms with Gasteiger partial charge >= 0.3 is 0 Å². The number of hydrogen-bond acceptors (Lipinski definition) is 4. The van der Waals surface area contributed by atoms with Gasteiger partial charge in [-0.1, -0.05) is 32.9 Å². The molecule has 21 heavy (non-hydrogen) atoms. The number of nitrogens with zero attached hydrogens (tertiary/aromatic N) is 2. The van der Waals surface area contributed by atoms with Gasteiger partial charge in [-0.3, -0.25) is 0 Å². The van der Waals surface area contributed by atoms with Gasteiger partial charge in [-0.05, 0) is 30.0 Å². The van der Waals surface area contributed by atoms with Crippen molar-refractivity contribution in [3.8, 4) is 11.8 Å². The van der Waals surface area contributed by atoms with Crippen LogP contribution in [0, 0.1) is 11.3 Å². The third-order valence-corrected chi connectivity index (χ3v) is 4.27. The van der Waals surface area contributed by atoms with E-state index in [-0.39, 0.29) is 0 Å². The minimum atomic E-state index is 0.335. The van der Waals surface area contributed by atoms with Crippen LogP contribution in [0.15, 0.2) is 24.3 Å². The first-order valence-electron chi connectivity index (χ1n) is 7.21. The van der Waals surface area contributed by atoms with Crippen molar-refractivity contribution in [3.05, 3.63) is 45.4 Å². The number of aryl methyl sites for hydroxylation is 1. The summed E-state index contributed by atoms with van der Waals surface area (Å²) in [7, 11) is 0. The second-order valence-corrected chi connectivity index (χ2v) is 6.36. The Balaban J connectivity index is 2.09. The number of benzene rings is 1. The fraction of sp³-hybridized carbons (Fsp3) is 0.412. The average molecular weight is 300 g/mol. The maximum absolute atomic E-state index is 8.90. The lowest BCUT2D eigenvalue weighted by Crippen LogP contribution is -1.97. The van der Waals surface area contributed by atoms with Crippen LogP contribution >= 0.6 is 11.3 Å². The number of rotatable bonds is 6. The average Bonchev–Trinajstić information content (AvgIpc) is 2.89. The predicted molar refractivity (Wildman–Crippen MR) is 85.7 cm³/mol. The molecule has 2 aromatic rings. The molecule has 1 aromatic carbocycles. The molecular weight excluding hydrogens is 280 g/mol. The summed E-state index contributed by atoms with van der Waals surface area (Å²) in [5, 5.41) is 9.83. The summed E-state index contributed by atoms with van der Waals surface area (Å²) in [6.45, 7) is 6.79. The van der Waals surface area contributed by atoms with Crippen LogP contribution in [0.5, 0.6) is 5.75 Å². The van der Waals surface area contributed by atoms with Gasteiger partial charge < -0.3 is 4.74 Å². The highest BCUT2D eigenvalue weighted by molar-refractivity contribution is 7.11. The third kappa shape index (κ3) is 4.05. The molecule has 0 radical (unpaired) electrons. The molecule has 2 rings (SSSR count). The second-order valence-electron chi connectivity index (χ2n) is 5.20. The molecule has 0 aliphatic heterocycles. The van der Waals surface area contributed by atoms with Gasteiger partial charge in [0.25, 0.3) is 0 Å². The Hall–Kier alpha value is -1.86. The molecule has 0 bridgehead atoms. The number of hydrogen-bond donors (Lipinski definition) is 0. The molecule has 110 valence electrons. The number of thiazole rings is 1. The van der Waals surface area contributed by atoms with E-state index in [1.165, 1.54) is 5.56 Å². The lowest BCUT2D eigenvalue weighted by atomic mass is 10.1. The van der Waals surface area contributed by atoms with Crippen molar-refractivity contribution in [1.29, 1.82) is 5.26 Å². The van der Waals surface area contributed by atoms with Gasteiger partial charge in [0.05, 0.1) is 18.2 Å². The third-order valence-electron chi connectivity index (χ3n) is 3.23. The van der Waals surface area contributed by atoms with Gasteiger partial charge in [-0.2, -0.15) is 5.26 Å². The molecule has 4 heteroatoms. The van der Waals surface area contributed by atoms with Crippen molar-refractivity contribution in [2.45, 2.75) is 46.1 Å². The van der Waals surface area contributed by atoms with E-state index in [1.54, 1.807) is 11.3 Å². The molecule has 0 spiro atoms. The van der Waals surface area contributed by atoms with Crippen LogP contribution in [-0.2, 0) is 19.4 Å². The summed E-state index contributed by atoms with van der Waals surface area (Å²) in [6.07, 6.45) is 1.43. The molecule has 0 N–H and O–H groups in total. The fourth-order valence-electron chi connectivity index (χ4n) is 2.13. The van der Waals surface area contributed by atoms with E-state index in [9.17, 15) is 0 Å². The van der Waals surface area contributed by atoms with Crippen molar-refractivity contribution in [1.82, 2.24) is 4.98 Å². The van der Waals surface area contributed by atoms with Gasteiger partial charge in [-0.25, -0.2) is 4.98 Å². The molecular formula is C17H20N2OS. The SMILES string of the molecule is CCc1cccc(OCc2nc(C(C)C)c(CC#N)s2)c1. The monoisotopic (exact) mass is 300 g/mol. The van der Waals surface area contributed by atoms with Crippen LogP contribution in [0.25, 0.3) is 0 Å². The second kappa shape index (κ2) is 7.24. The first-order valence-corrected chi connectivity index (χ1v) is 8.02. The Kier molecular flexibility index (Phi) is 5.35. The van der Waals surface area contributed by atoms with Crippen LogP contribution < -0.4 is 4.74 Å². The highest BCUT2D eigenvalue weighted by Gasteiger charge is 2.14. The molecule has 1 heterocycles. The zero-order valence-electron chi connectivity index (χ0n) is 12.7. The van der Waals surface area contributed by atoms with E-state index in [1.807, 2.05) is 12.1 Å². The van der Waals surface area contributed by atoms with Crippen molar-refractivity contribution in [3.63, 3.8) is 0 Å². The topological polar surface area (TPSA) is 45.9 Å². The Morgan fingerprint density at radius 2 is 2.19 bits per heavy atom. The van der Waals surface area contributed by atoms with Gasteiger partial charge in [0.1, 0.15) is 17.4 Å². The zero-order valence-corrected chi connectivity index (χ0v) is 13.5. The summed E-state index contributed by atoms with van der Waals surface area (Å²) in [5.41, 5.74) is 2.29. The zero-order chi connectivity index (χ0) is 15.2. The van der Waals surface area contributed by atoms with Gasteiger partial charge in [0, 0.05) is 4.88 Å². The normalized spacial score (nSPS) is 10.6. The maximum Gasteiger partial charge on any atom is 0.140 e. The van der Waals surface area contributed by atoms with E-state index >= 15 is 0 Å². The Labute approximate surface area is 130 Å². The standard InChI is InChI=1S/C17H20N2OS/c1-4-13-6-5-7-14(10-13)20-11-16-19-17(12(2)3)15(21-16)8-9-18/h5-7,10,12H,4,8,11H2,1-3H3. The van der Waals surface area contributed by atoms with Crippen molar-refractivity contribution in [2.75, 3.05) is 0 Å². The maximum atomic E-state index is 8.90. The Bertz CT molecular complexity index is 640. The van der Waals surface area contributed by atoms with Crippen molar-refractivity contribution < 1.29 is 4.74 Å². The Morgan fingerprint density at radius 1 is 1.38 bits per heavy atom. The van der Waals surface area contributed by atoms with Crippen LogP contribution in [0.2, 0.25) is 0 Å². The first kappa shape index (κ1) is 15.5. The van der Waals surface area contributed by atoms with Crippen LogP contribution in [0.4, 0.5) is 0 Å². The van der Waals surface area contributed by atoms with Crippen LogP contribution in [0.3, 0.4) is 0 Å². The fourth-order valence-corrected chi connectivity index (χ4v) is 3.19. The van der Waals surface area contributed by atoms with Crippen LogP contribution in [-0.4, -0.2) is 4.98 Å². The highest BCUT2D eigenvalue weighted by Crippen LogP contribution is 2.26. The largest absolute Gasteiger partial charge is 0.486 e. The molecule has 0 aliphatic rings. The molecule has 0 atom stereocenters. The lowest BCUT2D eigenvalue weighted by molar-refractivity contribution is 0.305. The van der Waals surface area contributed by atoms with E-state index in [0.29, 0.717) is 18.9 Å². The van der Waals surface area contributed by atoms with E-state index < -0.39 is 0 Å². The van der Waals surface area contributed by atoms with Gasteiger partial charge in [0.2, 0.25) is 0 Å². The summed E-state index contributed by atoms with van der Waals surface area (Å²) < 4.78 is 5.83. The highest BCUT2D eigenvalue weighted by atomic mass is 32.1. The molecule has 1 aromatic heterocycles. The minimum Gasteiger partial charge on any atom is -0.486 e. The van der Waals surface area contributed by atoms with Crippen molar-refractivity contribution >= 4 is 11.3 Å².